The Balaban J connectivity index is 1.39. The Kier molecular flexibility index (Phi) is 26.1. The summed E-state index contributed by atoms with van der Waals surface area (Å²) in [7, 11) is 0. The molecule has 0 spiro atoms. The number of carbonyl (C=O) groups excluding carboxylic acids is 2. The molecule has 0 aliphatic heterocycles. The molecule has 4 rings (SSSR count). The van der Waals surface area contributed by atoms with Gasteiger partial charge in [-0.05, 0) is 72.2 Å². The van der Waals surface area contributed by atoms with Gasteiger partial charge >= 0.3 is 0 Å². The summed E-state index contributed by atoms with van der Waals surface area (Å²) in [5.41, 5.74) is 4.54. The molecule has 6 nitrogen and oxygen atoms in total. The lowest BCUT2D eigenvalue weighted by Crippen LogP contribution is -2.14. The van der Waals surface area contributed by atoms with Gasteiger partial charge in [-0.2, -0.15) is 0 Å². The molecule has 4 aromatic rings. The third-order valence-electron chi connectivity index (χ3n) is 12.1. The summed E-state index contributed by atoms with van der Waals surface area (Å²) in [5.74, 6) is 1.99. The van der Waals surface area contributed by atoms with E-state index in [0.717, 1.165) is 83.8 Å². The zero-order valence-electron chi connectivity index (χ0n) is 40.3. The van der Waals surface area contributed by atoms with Crippen molar-refractivity contribution in [1.82, 2.24) is 0 Å². The quantitative estimate of drug-likeness (QED) is 0.0255. The molecule has 0 saturated carbocycles. The lowest BCUT2D eigenvalue weighted by atomic mass is 9.97. The van der Waals surface area contributed by atoms with Gasteiger partial charge in [0.25, 0.3) is 0 Å². The van der Waals surface area contributed by atoms with Crippen LogP contribution < -0.4 is 18.9 Å². The summed E-state index contributed by atoms with van der Waals surface area (Å²) in [6, 6.07) is 26.7. The van der Waals surface area contributed by atoms with E-state index in [9.17, 15) is 9.59 Å². The number of hydrogen-bond acceptors (Lipinski definition) is 6. The van der Waals surface area contributed by atoms with E-state index < -0.39 is 11.6 Å². The monoisotopic (exact) mass is 875 g/mol. The Morgan fingerprint density at radius 1 is 0.297 bits per heavy atom. The van der Waals surface area contributed by atoms with Crippen LogP contribution in [0.2, 0.25) is 0 Å². The van der Waals surface area contributed by atoms with Crippen LogP contribution in [0.5, 0.6) is 23.0 Å². The highest BCUT2D eigenvalue weighted by Gasteiger charge is 2.19. The summed E-state index contributed by atoms with van der Waals surface area (Å²) in [5, 5.41) is 0. The molecule has 0 bridgehead atoms. The highest BCUT2D eigenvalue weighted by Crippen LogP contribution is 2.35. The molecule has 0 fully saturated rings. The molecule has 64 heavy (non-hydrogen) atoms. The molecule has 0 radical (unpaired) electrons. The maximum absolute atomic E-state index is 13.5. The van der Waals surface area contributed by atoms with E-state index in [1.807, 2.05) is 60.7 Å². The van der Waals surface area contributed by atoms with Crippen LogP contribution in [0.15, 0.2) is 84.9 Å². The van der Waals surface area contributed by atoms with Crippen molar-refractivity contribution in [2.45, 2.75) is 182 Å². The molecule has 6 heteroatoms. The Labute approximate surface area is 388 Å². The van der Waals surface area contributed by atoms with Crippen LogP contribution >= 0.6 is 0 Å². The van der Waals surface area contributed by atoms with Crippen molar-refractivity contribution >= 4 is 11.6 Å². The average molecular weight is 875 g/mol. The van der Waals surface area contributed by atoms with Crippen molar-refractivity contribution in [3.63, 3.8) is 0 Å². The lowest BCUT2D eigenvalue weighted by molar-refractivity contribution is 0.0817. The third-order valence-corrected chi connectivity index (χ3v) is 12.1. The predicted octanol–water partition coefficient (Wildman–Crippen LogP) is 17.0. The van der Waals surface area contributed by atoms with Gasteiger partial charge in [-0.1, -0.05) is 217 Å². The van der Waals surface area contributed by atoms with E-state index >= 15 is 0 Å². The van der Waals surface area contributed by atoms with E-state index in [2.05, 4.69) is 27.7 Å². The van der Waals surface area contributed by atoms with Crippen molar-refractivity contribution in [1.29, 1.82) is 0 Å². The van der Waals surface area contributed by atoms with E-state index in [-0.39, 0.29) is 0 Å². The average Bonchev–Trinajstić information content (AvgIpc) is 3.33. The minimum absolute atomic E-state index is 0.361. The van der Waals surface area contributed by atoms with Gasteiger partial charge in [0.05, 0.1) is 26.4 Å². The molecular formula is C58H82O6. The van der Waals surface area contributed by atoms with Crippen LogP contribution in [0.4, 0.5) is 0 Å². The van der Waals surface area contributed by atoms with Gasteiger partial charge in [0.1, 0.15) is 0 Å². The summed E-state index contributed by atoms with van der Waals surface area (Å²) >= 11 is 0. The second-order valence-electron chi connectivity index (χ2n) is 17.6. The topological polar surface area (TPSA) is 71.1 Å². The van der Waals surface area contributed by atoms with E-state index in [1.165, 1.54) is 116 Å². The first-order valence-corrected chi connectivity index (χ1v) is 25.6. The number of rotatable bonds is 37. The van der Waals surface area contributed by atoms with E-state index in [0.29, 0.717) is 37.6 Å². The van der Waals surface area contributed by atoms with Gasteiger partial charge in [-0.3, -0.25) is 9.59 Å². The zero-order chi connectivity index (χ0) is 45.5. The summed E-state index contributed by atoms with van der Waals surface area (Å²) in [6.07, 6.45) is 28.9. The molecular weight excluding hydrogens is 793 g/mol. The summed E-state index contributed by atoms with van der Waals surface area (Å²) in [4.78, 5) is 27.0. The normalized spacial score (nSPS) is 11.1. The van der Waals surface area contributed by atoms with Crippen LogP contribution in [-0.2, 0) is 0 Å². The number of hydrogen-bond donors (Lipinski definition) is 0. The Morgan fingerprint density at radius 2 is 0.547 bits per heavy atom. The molecule has 0 unspecified atom stereocenters. The van der Waals surface area contributed by atoms with Gasteiger partial charge in [-0.25, -0.2) is 0 Å². The van der Waals surface area contributed by atoms with Crippen LogP contribution in [0.1, 0.15) is 203 Å². The highest BCUT2D eigenvalue weighted by atomic mass is 16.5. The minimum atomic E-state index is -0.530. The molecule has 0 atom stereocenters. The van der Waals surface area contributed by atoms with Crippen molar-refractivity contribution < 1.29 is 28.5 Å². The fourth-order valence-corrected chi connectivity index (χ4v) is 7.99. The SMILES string of the molecule is CCCCCCCCOc1ccc(-c2ccc(C(=O)C(=O)c3ccc(-c4ccc(OCCCCCCCC)c(OCCCCCCCC)c4)cc3)cc2)cc1OCCCCCCCC. The van der Waals surface area contributed by atoms with Crippen molar-refractivity contribution in [3.8, 4) is 45.3 Å². The molecule has 0 amide bonds. The van der Waals surface area contributed by atoms with Gasteiger partial charge < -0.3 is 18.9 Å². The second-order valence-corrected chi connectivity index (χ2v) is 17.6. The smallest absolute Gasteiger partial charge is 0.233 e. The number of carbonyl (C=O) groups is 2. The maximum Gasteiger partial charge on any atom is 0.233 e. The van der Waals surface area contributed by atoms with E-state index in [1.54, 1.807) is 24.3 Å². The van der Waals surface area contributed by atoms with Gasteiger partial charge in [-0.15, -0.1) is 0 Å². The van der Waals surface area contributed by atoms with Crippen LogP contribution in [0.25, 0.3) is 22.3 Å². The Morgan fingerprint density at radius 3 is 0.844 bits per heavy atom. The molecule has 0 saturated heterocycles. The molecule has 4 aromatic carbocycles. The van der Waals surface area contributed by atoms with Gasteiger partial charge in [0.15, 0.2) is 23.0 Å². The fraction of sp³-hybridized carbons (Fsp3) is 0.552. The van der Waals surface area contributed by atoms with Crippen LogP contribution in [0, 0.1) is 0 Å². The first-order valence-electron chi connectivity index (χ1n) is 25.6. The molecule has 0 aliphatic rings. The lowest BCUT2D eigenvalue weighted by Gasteiger charge is -2.15. The zero-order valence-corrected chi connectivity index (χ0v) is 40.3. The van der Waals surface area contributed by atoms with E-state index in [4.69, 9.17) is 18.9 Å². The van der Waals surface area contributed by atoms with Gasteiger partial charge in [0, 0.05) is 11.1 Å². The molecule has 0 N–H and O–H groups in total. The predicted molar refractivity (Wildman–Crippen MR) is 268 cm³/mol. The van der Waals surface area contributed by atoms with Crippen molar-refractivity contribution in [2.75, 3.05) is 26.4 Å². The van der Waals surface area contributed by atoms with Gasteiger partial charge in [0.2, 0.25) is 11.6 Å². The Hall–Kier alpha value is -4.58. The first kappa shape index (κ1) is 52.0. The molecule has 0 heterocycles. The minimum Gasteiger partial charge on any atom is -0.490 e. The fourth-order valence-electron chi connectivity index (χ4n) is 7.99. The van der Waals surface area contributed by atoms with Crippen LogP contribution in [-0.4, -0.2) is 38.0 Å². The van der Waals surface area contributed by atoms with Crippen molar-refractivity contribution in [3.05, 3.63) is 96.1 Å². The first-order chi connectivity index (χ1) is 31.5. The highest BCUT2D eigenvalue weighted by molar-refractivity contribution is 6.49. The number of ether oxygens (including phenoxy) is 4. The summed E-state index contributed by atoms with van der Waals surface area (Å²) < 4.78 is 25.2. The molecule has 350 valence electrons. The molecule has 0 aliphatic carbocycles. The number of benzene rings is 4. The van der Waals surface area contributed by atoms with Crippen molar-refractivity contribution in [2.24, 2.45) is 0 Å². The summed E-state index contributed by atoms with van der Waals surface area (Å²) in [6.45, 7) is 11.6. The molecule has 0 aromatic heterocycles. The number of unbranched alkanes of at least 4 members (excludes halogenated alkanes) is 20. The largest absolute Gasteiger partial charge is 0.490 e. The maximum atomic E-state index is 13.5. The third kappa shape index (κ3) is 19.3. The van der Waals surface area contributed by atoms with Crippen LogP contribution in [0.3, 0.4) is 0 Å². The number of Topliss-reactive ketones (excluding diaryl/α,β-unsaturated/α-hetero) is 2. The number of ketones is 2. The second kappa shape index (κ2) is 32.1. The Bertz CT molecular complexity index is 1730. The standard InChI is InChI=1S/C58H82O6/c1-5-9-13-17-21-25-41-61-53-39-37-51(45-55(53)63-43-27-23-19-15-11-7-3)47-29-33-49(34-30-47)57(59)58(60)50-35-31-48(32-36-50)52-38-40-54(62-42-26-22-18-14-10-6-2)56(46-52)64-44-28-24-20-16-12-8-4/h29-40,45-46H,5-28,41-44H2,1-4H3.